The number of hydrogen-bond donors (Lipinski definition) is 0. The van der Waals surface area contributed by atoms with Crippen LogP contribution < -0.4 is 0 Å². The van der Waals surface area contributed by atoms with Gasteiger partial charge in [0, 0.05) is 26.3 Å². The Hall–Kier alpha value is -0.981. The first-order valence-electron chi connectivity index (χ1n) is 4.26. The van der Waals surface area contributed by atoms with Gasteiger partial charge in [0.2, 0.25) is 0 Å². The zero-order valence-corrected chi connectivity index (χ0v) is 10.2. The molecule has 1 aromatic heterocycles. The average Bonchev–Trinajstić information content (AvgIpc) is 2.19. The molecule has 1 nitrogen and oxygen atoms in total. The van der Waals surface area contributed by atoms with E-state index in [4.69, 9.17) is 0 Å². The van der Waals surface area contributed by atoms with Crippen LogP contribution in [0, 0.1) is 13.0 Å². The number of aromatic nitrogens is 1. The first-order chi connectivity index (χ1) is 6.36. The summed E-state index contributed by atoms with van der Waals surface area (Å²) in [6.07, 6.45) is 1.82. The molecule has 0 aliphatic heterocycles. The molecule has 0 bridgehead atoms. The Morgan fingerprint density at radius 1 is 1.21 bits per heavy atom. The molecule has 0 aliphatic rings. The van der Waals surface area contributed by atoms with E-state index in [-0.39, 0.29) is 20.1 Å². The fraction of sp³-hybridized carbons (Fsp3) is 0.0833. The molecule has 0 saturated carbocycles. The number of nitrogens with zero attached hydrogens (tertiary/aromatic N) is 1. The molecule has 0 spiro atoms. The van der Waals surface area contributed by atoms with Crippen LogP contribution in [0.5, 0.6) is 0 Å². The van der Waals surface area contributed by atoms with Crippen LogP contribution in [0.2, 0.25) is 0 Å². The van der Waals surface area contributed by atoms with Crippen molar-refractivity contribution in [2.24, 2.45) is 0 Å². The molecule has 1 heterocycles. The normalized spacial score (nSPS) is 9.21. The summed E-state index contributed by atoms with van der Waals surface area (Å²) in [5.41, 5.74) is 3.26. The van der Waals surface area contributed by atoms with Gasteiger partial charge in [0.15, 0.2) is 0 Å². The van der Waals surface area contributed by atoms with Gasteiger partial charge in [-0.05, 0) is 18.7 Å². The van der Waals surface area contributed by atoms with Crippen LogP contribution in [-0.2, 0) is 20.1 Å². The first kappa shape index (κ1) is 11.1. The molecule has 2 rings (SSSR count). The summed E-state index contributed by atoms with van der Waals surface area (Å²) < 4.78 is 0. The van der Waals surface area contributed by atoms with E-state index in [1.807, 2.05) is 36.5 Å². The Morgan fingerprint density at radius 2 is 2.07 bits per heavy atom. The van der Waals surface area contributed by atoms with E-state index in [1.165, 1.54) is 5.56 Å². The van der Waals surface area contributed by atoms with Gasteiger partial charge in [0.05, 0.1) is 0 Å². The fourth-order valence-corrected chi connectivity index (χ4v) is 1.24. The standard InChI is InChI=1S/C12H10N.Ir/c1-10-7-8-13-12(9-10)11-5-3-2-4-6-11;/h2-5,7-9H,1H3;/q-1;. The van der Waals surface area contributed by atoms with E-state index in [0.29, 0.717) is 0 Å². The van der Waals surface area contributed by atoms with E-state index >= 15 is 0 Å². The molecule has 14 heavy (non-hydrogen) atoms. The quantitative estimate of drug-likeness (QED) is 0.713. The number of aryl methyl sites for hydroxylation is 1. The summed E-state index contributed by atoms with van der Waals surface area (Å²) >= 11 is 0. The summed E-state index contributed by atoms with van der Waals surface area (Å²) in [6.45, 7) is 2.06. The summed E-state index contributed by atoms with van der Waals surface area (Å²) in [6, 6.07) is 15.1. The summed E-state index contributed by atoms with van der Waals surface area (Å²) in [5, 5.41) is 0. The van der Waals surface area contributed by atoms with Crippen molar-refractivity contribution in [1.29, 1.82) is 0 Å². The van der Waals surface area contributed by atoms with Crippen LogP contribution in [0.1, 0.15) is 5.56 Å². The SMILES string of the molecule is Cc1ccnc(-c2[c-]cccc2)c1.[Ir]. The predicted molar refractivity (Wildman–Crippen MR) is 53.2 cm³/mol. The molecule has 0 unspecified atom stereocenters. The van der Waals surface area contributed by atoms with Crippen LogP contribution in [0.4, 0.5) is 0 Å². The second kappa shape index (κ2) is 5.04. The molecule has 0 N–H and O–H groups in total. The molecule has 0 fully saturated rings. The molecular formula is C12H10IrN-. The minimum absolute atomic E-state index is 0. The van der Waals surface area contributed by atoms with Crippen molar-refractivity contribution in [2.45, 2.75) is 6.92 Å². The minimum atomic E-state index is 0. The van der Waals surface area contributed by atoms with E-state index in [9.17, 15) is 0 Å². The van der Waals surface area contributed by atoms with Gasteiger partial charge in [-0.15, -0.1) is 35.9 Å². The fourth-order valence-electron chi connectivity index (χ4n) is 1.24. The molecule has 0 amide bonds. The molecule has 0 saturated heterocycles. The van der Waals surface area contributed by atoms with E-state index in [0.717, 1.165) is 11.3 Å². The van der Waals surface area contributed by atoms with Crippen LogP contribution in [0.3, 0.4) is 0 Å². The molecule has 0 atom stereocenters. The van der Waals surface area contributed by atoms with Crippen molar-refractivity contribution < 1.29 is 20.1 Å². The van der Waals surface area contributed by atoms with Gasteiger partial charge in [-0.25, -0.2) is 0 Å². The van der Waals surface area contributed by atoms with Gasteiger partial charge in [0.25, 0.3) is 0 Å². The minimum Gasteiger partial charge on any atom is -0.305 e. The van der Waals surface area contributed by atoms with Gasteiger partial charge >= 0.3 is 0 Å². The van der Waals surface area contributed by atoms with Gasteiger partial charge < -0.3 is 4.98 Å². The molecule has 1 aromatic carbocycles. The third kappa shape index (κ3) is 2.50. The van der Waals surface area contributed by atoms with E-state index in [1.54, 1.807) is 0 Å². The van der Waals surface area contributed by atoms with Gasteiger partial charge in [0.1, 0.15) is 0 Å². The van der Waals surface area contributed by atoms with Crippen molar-refractivity contribution in [2.75, 3.05) is 0 Å². The first-order valence-corrected chi connectivity index (χ1v) is 4.26. The number of benzene rings is 1. The van der Waals surface area contributed by atoms with E-state index in [2.05, 4.69) is 24.0 Å². The largest absolute Gasteiger partial charge is 0.305 e. The molecule has 2 heteroatoms. The van der Waals surface area contributed by atoms with E-state index < -0.39 is 0 Å². The summed E-state index contributed by atoms with van der Waals surface area (Å²) in [5.74, 6) is 0. The smallest absolute Gasteiger partial charge is 0.0163 e. The Morgan fingerprint density at radius 3 is 2.71 bits per heavy atom. The number of hydrogen-bond acceptors (Lipinski definition) is 1. The van der Waals surface area contributed by atoms with Gasteiger partial charge in [-0.2, -0.15) is 0 Å². The Labute approximate surface area is 97.6 Å². The van der Waals surface area contributed by atoms with Crippen LogP contribution in [0.15, 0.2) is 42.6 Å². The van der Waals surface area contributed by atoms with Crippen molar-refractivity contribution >= 4 is 0 Å². The zero-order valence-electron chi connectivity index (χ0n) is 7.82. The maximum Gasteiger partial charge on any atom is 0.0163 e. The Bertz CT molecular complexity index is 398. The molecule has 2 aromatic rings. The molecule has 1 radical (unpaired) electrons. The van der Waals surface area contributed by atoms with Crippen LogP contribution in [0.25, 0.3) is 11.3 Å². The molecule has 0 aliphatic carbocycles. The second-order valence-electron chi connectivity index (χ2n) is 2.99. The summed E-state index contributed by atoms with van der Waals surface area (Å²) in [4.78, 5) is 4.28. The van der Waals surface area contributed by atoms with Crippen molar-refractivity contribution in [3.05, 3.63) is 54.2 Å². The monoisotopic (exact) mass is 361 g/mol. The second-order valence-corrected chi connectivity index (χ2v) is 2.99. The third-order valence-corrected chi connectivity index (χ3v) is 1.90. The third-order valence-electron chi connectivity index (χ3n) is 1.90. The summed E-state index contributed by atoms with van der Waals surface area (Å²) in [7, 11) is 0. The Kier molecular flexibility index (Phi) is 3.99. The predicted octanol–water partition coefficient (Wildman–Crippen LogP) is 2.85. The number of rotatable bonds is 1. The van der Waals surface area contributed by atoms with Gasteiger partial charge in [-0.3, -0.25) is 0 Å². The zero-order chi connectivity index (χ0) is 9.10. The number of pyridine rings is 1. The Balaban J connectivity index is 0.000000980. The van der Waals surface area contributed by atoms with Crippen molar-refractivity contribution in [3.8, 4) is 11.3 Å². The van der Waals surface area contributed by atoms with Gasteiger partial charge in [-0.1, -0.05) is 11.6 Å². The maximum absolute atomic E-state index is 4.28. The topological polar surface area (TPSA) is 12.9 Å². The molecular weight excluding hydrogens is 350 g/mol. The maximum atomic E-state index is 4.28. The molecule has 73 valence electrons. The van der Waals surface area contributed by atoms with Crippen molar-refractivity contribution in [1.82, 2.24) is 4.98 Å². The van der Waals surface area contributed by atoms with Crippen LogP contribution >= 0.6 is 0 Å². The average molecular weight is 360 g/mol. The van der Waals surface area contributed by atoms with Crippen molar-refractivity contribution in [3.63, 3.8) is 0 Å². The van der Waals surface area contributed by atoms with Crippen LogP contribution in [-0.4, -0.2) is 4.98 Å².